The third kappa shape index (κ3) is 7.57. The van der Waals surface area contributed by atoms with Gasteiger partial charge in [0.15, 0.2) is 0 Å². The maximum atomic E-state index is 13.1. The Kier molecular flexibility index (Phi) is 9.14. The summed E-state index contributed by atoms with van der Waals surface area (Å²) < 4.78 is 10.6. The van der Waals surface area contributed by atoms with Gasteiger partial charge in [0.1, 0.15) is 19.3 Å². The first-order valence-corrected chi connectivity index (χ1v) is 12.8. The van der Waals surface area contributed by atoms with Crippen LogP contribution in [0.15, 0.2) is 72.8 Å². The van der Waals surface area contributed by atoms with Gasteiger partial charge in [0.25, 0.3) is 11.4 Å². The number of thiol groups is 1. The number of likely N-dealkylation sites (tertiary alicyclic amines) is 1. The summed E-state index contributed by atoms with van der Waals surface area (Å²) in [6.07, 6.45) is -0.456. The number of hydrogen-bond donors (Lipinski definition) is 2. The van der Waals surface area contributed by atoms with Gasteiger partial charge < -0.3 is 14.8 Å². The molecule has 0 saturated carbocycles. The Morgan fingerprint density at radius 2 is 1.44 bits per heavy atom. The van der Waals surface area contributed by atoms with E-state index in [1.54, 1.807) is 12.1 Å². The number of amides is 2. The first-order valence-electron chi connectivity index (χ1n) is 12.3. The molecule has 1 aliphatic heterocycles. The molecule has 1 fully saturated rings. The van der Waals surface area contributed by atoms with Gasteiger partial charge in [0, 0.05) is 41.7 Å². The highest BCUT2D eigenvalue weighted by Crippen LogP contribution is 2.25. The van der Waals surface area contributed by atoms with Crippen LogP contribution in [0, 0.1) is 20.2 Å². The number of nitro groups is 2. The third-order valence-electron chi connectivity index (χ3n) is 6.21. The fourth-order valence-electron chi connectivity index (χ4n) is 4.10. The number of anilines is 1. The van der Waals surface area contributed by atoms with E-state index in [2.05, 4.69) is 17.9 Å². The third-order valence-corrected chi connectivity index (χ3v) is 6.58. The van der Waals surface area contributed by atoms with Gasteiger partial charge in [-0.1, -0.05) is 6.07 Å². The molecule has 14 heteroatoms. The molecule has 0 unspecified atom stereocenters. The molecule has 0 spiro atoms. The van der Waals surface area contributed by atoms with Crippen molar-refractivity contribution in [3.63, 3.8) is 0 Å². The molecule has 212 valence electrons. The van der Waals surface area contributed by atoms with Crippen molar-refractivity contribution >= 4 is 47.7 Å². The Balaban J connectivity index is 1.33. The standard InChI is InChI=1S/C27H24N4O9S/c32-25(24-13-23(41)14-29(24)27(34)40-16-18-6-10-22(11-7-18)31(37)38)28-20-3-1-2-19(12-20)26(33)39-15-17-4-8-21(9-5-17)30(35)36/h1-12,23-24,41H,13-16H2,(H,28,32)/t23-,24-/m0/s1. The van der Waals surface area contributed by atoms with E-state index in [9.17, 15) is 34.6 Å². The highest BCUT2D eigenvalue weighted by molar-refractivity contribution is 7.81. The smallest absolute Gasteiger partial charge is 0.410 e. The highest BCUT2D eigenvalue weighted by Gasteiger charge is 2.39. The van der Waals surface area contributed by atoms with E-state index in [0.717, 1.165) is 0 Å². The van der Waals surface area contributed by atoms with Crippen LogP contribution >= 0.6 is 12.6 Å². The molecule has 0 radical (unpaired) electrons. The number of carbonyl (C=O) groups is 3. The summed E-state index contributed by atoms with van der Waals surface area (Å²) in [6, 6.07) is 16.4. The molecule has 1 aliphatic rings. The van der Waals surface area contributed by atoms with Gasteiger partial charge >= 0.3 is 12.1 Å². The van der Waals surface area contributed by atoms with Crippen LogP contribution in [-0.2, 0) is 27.5 Å². The lowest BCUT2D eigenvalue weighted by molar-refractivity contribution is -0.385. The summed E-state index contributed by atoms with van der Waals surface area (Å²) >= 11 is 4.42. The molecule has 2 atom stereocenters. The maximum absolute atomic E-state index is 13.1. The number of nitro benzene ring substituents is 2. The van der Waals surface area contributed by atoms with Gasteiger partial charge in [0.05, 0.1) is 15.4 Å². The lowest BCUT2D eigenvalue weighted by atomic mass is 10.1. The van der Waals surface area contributed by atoms with Crippen LogP contribution in [0.2, 0.25) is 0 Å². The maximum Gasteiger partial charge on any atom is 0.410 e. The minimum Gasteiger partial charge on any atom is -0.457 e. The number of nitrogens with zero attached hydrogens (tertiary/aromatic N) is 3. The summed E-state index contributed by atoms with van der Waals surface area (Å²) in [5.74, 6) is -1.16. The molecule has 2 amide bonds. The highest BCUT2D eigenvalue weighted by atomic mass is 32.1. The lowest BCUT2D eigenvalue weighted by Crippen LogP contribution is -2.43. The van der Waals surface area contributed by atoms with Crippen LogP contribution in [0.3, 0.4) is 0 Å². The fraction of sp³-hybridized carbons (Fsp3) is 0.222. The average Bonchev–Trinajstić information content (AvgIpc) is 3.37. The van der Waals surface area contributed by atoms with E-state index in [-0.39, 0.29) is 48.4 Å². The summed E-state index contributed by atoms with van der Waals surface area (Å²) in [4.78, 5) is 60.2. The lowest BCUT2D eigenvalue weighted by Gasteiger charge is -2.23. The van der Waals surface area contributed by atoms with Crippen LogP contribution in [-0.4, -0.2) is 50.6 Å². The minimum absolute atomic E-state index is 0.0775. The Morgan fingerprint density at radius 3 is 2.00 bits per heavy atom. The molecule has 1 heterocycles. The summed E-state index contributed by atoms with van der Waals surface area (Å²) in [5, 5.41) is 24.0. The van der Waals surface area contributed by atoms with Gasteiger partial charge in [-0.3, -0.25) is 29.9 Å². The molecule has 0 aliphatic carbocycles. The van der Waals surface area contributed by atoms with Gasteiger partial charge in [-0.05, 0) is 60.0 Å². The molecule has 1 saturated heterocycles. The second kappa shape index (κ2) is 12.9. The first-order chi connectivity index (χ1) is 19.6. The van der Waals surface area contributed by atoms with Gasteiger partial charge in [-0.15, -0.1) is 0 Å². The number of hydrogen-bond acceptors (Lipinski definition) is 10. The first kappa shape index (κ1) is 29.0. The molecule has 0 aromatic heterocycles. The number of rotatable bonds is 9. The number of esters is 1. The normalized spacial score (nSPS) is 16.1. The van der Waals surface area contributed by atoms with Crippen molar-refractivity contribution in [2.75, 3.05) is 11.9 Å². The second-order valence-corrected chi connectivity index (χ2v) is 9.84. The molecule has 1 N–H and O–H groups in total. The number of ether oxygens (including phenoxy) is 2. The molecular weight excluding hydrogens is 556 g/mol. The molecule has 3 aromatic rings. The number of carbonyl (C=O) groups excluding carboxylic acids is 3. The van der Waals surface area contributed by atoms with E-state index in [1.165, 1.54) is 65.6 Å². The SMILES string of the molecule is O=C(OCc1ccc([N+](=O)[O-])cc1)c1cccc(NC(=O)[C@@H]2C[C@H](S)CN2C(=O)OCc2ccc([N+](=O)[O-])cc2)c1. The van der Waals surface area contributed by atoms with Crippen LogP contribution in [0.5, 0.6) is 0 Å². The minimum atomic E-state index is -0.875. The van der Waals surface area contributed by atoms with Crippen LogP contribution < -0.4 is 5.32 Å². The van der Waals surface area contributed by atoms with Crippen LogP contribution in [0.25, 0.3) is 0 Å². The fourth-order valence-corrected chi connectivity index (χ4v) is 4.48. The molecule has 0 bridgehead atoms. The van der Waals surface area contributed by atoms with Gasteiger partial charge in [-0.2, -0.15) is 12.6 Å². The Labute approximate surface area is 238 Å². The molecule has 3 aromatic carbocycles. The van der Waals surface area contributed by atoms with Crippen molar-refractivity contribution < 1.29 is 33.7 Å². The zero-order valence-electron chi connectivity index (χ0n) is 21.4. The average molecular weight is 581 g/mol. The van der Waals surface area contributed by atoms with Gasteiger partial charge in [0.2, 0.25) is 5.91 Å². The zero-order chi connectivity index (χ0) is 29.5. The van der Waals surface area contributed by atoms with E-state index < -0.39 is 33.9 Å². The van der Waals surface area contributed by atoms with Crippen LogP contribution in [0.1, 0.15) is 27.9 Å². The Hall–Kier alpha value is -4.98. The summed E-state index contributed by atoms with van der Waals surface area (Å²) in [5.41, 5.74) is 1.42. The molecular formula is C27H24N4O9S. The van der Waals surface area contributed by atoms with Crippen molar-refractivity contribution in [3.05, 3.63) is 110 Å². The Morgan fingerprint density at radius 1 is 0.878 bits per heavy atom. The Bertz CT molecular complexity index is 1460. The van der Waals surface area contributed by atoms with Crippen molar-refractivity contribution in [1.82, 2.24) is 4.90 Å². The summed E-state index contributed by atoms with van der Waals surface area (Å²) in [7, 11) is 0. The molecule has 41 heavy (non-hydrogen) atoms. The number of benzene rings is 3. The van der Waals surface area contributed by atoms with E-state index in [4.69, 9.17) is 9.47 Å². The zero-order valence-corrected chi connectivity index (χ0v) is 22.3. The van der Waals surface area contributed by atoms with E-state index in [1.807, 2.05) is 0 Å². The molecule has 13 nitrogen and oxygen atoms in total. The predicted octanol–water partition coefficient (Wildman–Crippen LogP) is 4.51. The van der Waals surface area contributed by atoms with E-state index >= 15 is 0 Å². The number of non-ortho nitro benzene ring substituents is 2. The van der Waals surface area contributed by atoms with Crippen molar-refractivity contribution in [2.24, 2.45) is 0 Å². The monoisotopic (exact) mass is 580 g/mol. The second-order valence-electron chi connectivity index (χ2n) is 9.11. The number of nitrogens with one attached hydrogen (secondary N) is 1. The van der Waals surface area contributed by atoms with Crippen molar-refractivity contribution in [3.8, 4) is 0 Å². The predicted molar refractivity (Wildman–Crippen MR) is 148 cm³/mol. The van der Waals surface area contributed by atoms with Crippen molar-refractivity contribution in [2.45, 2.75) is 30.9 Å². The largest absolute Gasteiger partial charge is 0.457 e. The quantitative estimate of drug-likeness (QED) is 0.160. The van der Waals surface area contributed by atoms with E-state index in [0.29, 0.717) is 16.8 Å². The molecule has 4 rings (SSSR count). The van der Waals surface area contributed by atoms with Crippen LogP contribution in [0.4, 0.5) is 21.9 Å². The summed E-state index contributed by atoms with van der Waals surface area (Å²) in [6.45, 7) is -0.0615. The topological polar surface area (TPSA) is 171 Å². The van der Waals surface area contributed by atoms with Gasteiger partial charge in [-0.25, -0.2) is 9.59 Å². The van der Waals surface area contributed by atoms with Crippen molar-refractivity contribution in [1.29, 1.82) is 0 Å².